The van der Waals surface area contributed by atoms with Gasteiger partial charge in [-0.25, -0.2) is 0 Å². The van der Waals surface area contributed by atoms with E-state index >= 15 is 0 Å². The van der Waals surface area contributed by atoms with Gasteiger partial charge < -0.3 is 0 Å². The molecule has 2 nitrogen and oxygen atoms in total. The summed E-state index contributed by atoms with van der Waals surface area (Å²) in [5, 5.41) is 13.2. The Kier molecular flexibility index (Phi) is 4.57. The van der Waals surface area contributed by atoms with Crippen molar-refractivity contribution in [3.05, 3.63) is 70.2 Å². The van der Waals surface area contributed by atoms with E-state index in [1.54, 1.807) is 6.07 Å². The Balaban J connectivity index is 2.09. The van der Waals surface area contributed by atoms with E-state index in [1.807, 2.05) is 30.3 Å². The van der Waals surface area contributed by atoms with Crippen molar-refractivity contribution >= 4 is 11.6 Å². The predicted molar refractivity (Wildman–Crippen MR) is 77.8 cm³/mol. The smallest absolute Gasteiger partial charge is 0.121 e. The zero-order chi connectivity index (χ0) is 13.7. The van der Waals surface area contributed by atoms with Crippen LogP contribution in [0, 0.1) is 18.3 Å². The molecule has 0 saturated carbocycles. The van der Waals surface area contributed by atoms with Gasteiger partial charge >= 0.3 is 0 Å². The highest BCUT2D eigenvalue weighted by molar-refractivity contribution is 6.30. The number of hydrogen-bond acceptors (Lipinski definition) is 2. The summed E-state index contributed by atoms with van der Waals surface area (Å²) >= 11 is 5.95. The number of nitrogens with one attached hydrogen (secondary N) is 1. The molecule has 1 unspecified atom stereocenters. The first-order chi connectivity index (χ1) is 9.20. The molecule has 96 valence electrons. The second kappa shape index (κ2) is 6.38. The maximum Gasteiger partial charge on any atom is 0.121 e. The van der Waals surface area contributed by atoms with Crippen molar-refractivity contribution in [3.63, 3.8) is 0 Å². The third-order valence-electron chi connectivity index (χ3n) is 3.07. The largest absolute Gasteiger partial charge is 0.294 e. The van der Waals surface area contributed by atoms with Gasteiger partial charge in [-0.2, -0.15) is 5.26 Å². The van der Waals surface area contributed by atoms with Gasteiger partial charge in [0.25, 0.3) is 0 Å². The van der Waals surface area contributed by atoms with Crippen LogP contribution >= 0.6 is 11.6 Å². The number of halogens is 1. The third-order valence-corrected chi connectivity index (χ3v) is 3.30. The van der Waals surface area contributed by atoms with Gasteiger partial charge in [-0.1, -0.05) is 48.0 Å². The van der Waals surface area contributed by atoms with Crippen LogP contribution < -0.4 is 5.32 Å². The number of aryl methyl sites for hydroxylation is 1. The molecular weight excluding hydrogens is 256 g/mol. The van der Waals surface area contributed by atoms with Gasteiger partial charge in [0.15, 0.2) is 0 Å². The predicted octanol–water partition coefficient (Wildman–Crippen LogP) is 4.00. The highest BCUT2D eigenvalue weighted by Crippen LogP contribution is 2.18. The van der Waals surface area contributed by atoms with Crippen molar-refractivity contribution in [2.45, 2.75) is 19.5 Å². The number of nitriles is 1. The average Bonchev–Trinajstić information content (AvgIpc) is 2.41. The number of rotatable bonds is 4. The van der Waals surface area contributed by atoms with E-state index in [9.17, 15) is 5.26 Å². The summed E-state index contributed by atoms with van der Waals surface area (Å²) in [5.74, 6) is 0. The Hall–Kier alpha value is -1.82. The minimum atomic E-state index is -0.349. The normalized spacial score (nSPS) is 11.8. The molecule has 0 aliphatic carbocycles. The number of hydrogen-bond donors (Lipinski definition) is 1. The van der Waals surface area contributed by atoms with Gasteiger partial charge in [0.2, 0.25) is 0 Å². The van der Waals surface area contributed by atoms with Crippen LogP contribution in [0.5, 0.6) is 0 Å². The van der Waals surface area contributed by atoms with E-state index in [1.165, 1.54) is 11.1 Å². The SMILES string of the molecule is Cc1ccccc1CNC(C#N)c1cccc(Cl)c1. The number of nitrogens with zero attached hydrogens (tertiary/aromatic N) is 1. The van der Waals surface area contributed by atoms with Crippen molar-refractivity contribution in [2.24, 2.45) is 0 Å². The Morgan fingerprint density at radius 2 is 2.00 bits per heavy atom. The monoisotopic (exact) mass is 270 g/mol. The van der Waals surface area contributed by atoms with Gasteiger partial charge in [-0.15, -0.1) is 0 Å². The first kappa shape index (κ1) is 13.6. The van der Waals surface area contributed by atoms with Gasteiger partial charge in [0.05, 0.1) is 6.07 Å². The van der Waals surface area contributed by atoms with Crippen molar-refractivity contribution in [1.29, 1.82) is 5.26 Å². The lowest BCUT2D eigenvalue weighted by atomic mass is 10.1. The molecule has 1 N–H and O–H groups in total. The average molecular weight is 271 g/mol. The van der Waals surface area contributed by atoms with Crippen LogP contribution in [0.25, 0.3) is 0 Å². The summed E-state index contributed by atoms with van der Waals surface area (Å²) < 4.78 is 0. The van der Waals surface area contributed by atoms with E-state index in [4.69, 9.17) is 11.6 Å². The molecular formula is C16H15ClN2. The van der Waals surface area contributed by atoms with Gasteiger partial charge in [0.1, 0.15) is 6.04 Å². The lowest BCUT2D eigenvalue weighted by Crippen LogP contribution is -2.19. The zero-order valence-corrected chi connectivity index (χ0v) is 11.5. The second-order valence-corrected chi connectivity index (χ2v) is 4.86. The van der Waals surface area contributed by atoms with Crippen molar-refractivity contribution in [2.75, 3.05) is 0 Å². The van der Waals surface area contributed by atoms with Crippen LogP contribution in [0.1, 0.15) is 22.7 Å². The fourth-order valence-corrected chi connectivity index (χ4v) is 2.14. The van der Waals surface area contributed by atoms with Crippen molar-refractivity contribution in [3.8, 4) is 6.07 Å². The molecule has 0 heterocycles. The van der Waals surface area contributed by atoms with Gasteiger partial charge in [0, 0.05) is 11.6 Å². The topological polar surface area (TPSA) is 35.8 Å². The highest BCUT2D eigenvalue weighted by atomic mass is 35.5. The fraction of sp³-hybridized carbons (Fsp3) is 0.188. The summed E-state index contributed by atoms with van der Waals surface area (Å²) in [7, 11) is 0. The zero-order valence-electron chi connectivity index (χ0n) is 10.7. The molecule has 0 amide bonds. The summed E-state index contributed by atoms with van der Waals surface area (Å²) in [6.45, 7) is 2.73. The molecule has 3 heteroatoms. The molecule has 0 aromatic heterocycles. The Labute approximate surface area is 118 Å². The highest BCUT2D eigenvalue weighted by Gasteiger charge is 2.10. The van der Waals surface area contributed by atoms with Crippen LogP contribution in [-0.2, 0) is 6.54 Å². The maximum absolute atomic E-state index is 9.26. The maximum atomic E-state index is 9.26. The molecule has 0 spiro atoms. The van der Waals surface area contributed by atoms with Crippen LogP contribution in [0.15, 0.2) is 48.5 Å². The van der Waals surface area contributed by atoms with Crippen LogP contribution in [-0.4, -0.2) is 0 Å². The van der Waals surface area contributed by atoms with E-state index < -0.39 is 0 Å². The Bertz CT molecular complexity index is 602. The Morgan fingerprint density at radius 1 is 1.21 bits per heavy atom. The minimum absolute atomic E-state index is 0.349. The fourth-order valence-electron chi connectivity index (χ4n) is 1.94. The van der Waals surface area contributed by atoms with Gasteiger partial charge in [-0.05, 0) is 35.7 Å². The molecule has 0 saturated heterocycles. The van der Waals surface area contributed by atoms with Crippen LogP contribution in [0.4, 0.5) is 0 Å². The Morgan fingerprint density at radius 3 is 2.68 bits per heavy atom. The van der Waals surface area contributed by atoms with E-state index in [0.29, 0.717) is 11.6 Å². The van der Waals surface area contributed by atoms with E-state index in [0.717, 1.165) is 5.56 Å². The number of benzene rings is 2. The standard InChI is InChI=1S/C16H15ClN2/c1-12-5-2-3-6-14(12)11-19-16(10-18)13-7-4-8-15(17)9-13/h2-9,16,19H,11H2,1H3. The molecule has 0 fully saturated rings. The molecule has 0 radical (unpaired) electrons. The molecule has 0 bridgehead atoms. The minimum Gasteiger partial charge on any atom is -0.294 e. The summed E-state index contributed by atoms with van der Waals surface area (Å²) in [6, 6.07) is 17.5. The summed E-state index contributed by atoms with van der Waals surface area (Å²) in [6.07, 6.45) is 0. The summed E-state index contributed by atoms with van der Waals surface area (Å²) in [5.41, 5.74) is 3.31. The molecule has 0 aliphatic rings. The first-order valence-electron chi connectivity index (χ1n) is 6.13. The quantitative estimate of drug-likeness (QED) is 0.911. The molecule has 0 aliphatic heterocycles. The lowest BCUT2D eigenvalue weighted by Gasteiger charge is -2.13. The first-order valence-corrected chi connectivity index (χ1v) is 6.51. The molecule has 2 rings (SSSR count). The molecule has 19 heavy (non-hydrogen) atoms. The molecule has 2 aromatic rings. The van der Waals surface area contributed by atoms with E-state index in [-0.39, 0.29) is 6.04 Å². The molecule has 2 aromatic carbocycles. The lowest BCUT2D eigenvalue weighted by molar-refractivity contribution is 0.628. The van der Waals surface area contributed by atoms with Gasteiger partial charge in [-0.3, -0.25) is 5.32 Å². The summed E-state index contributed by atoms with van der Waals surface area (Å²) in [4.78, 5) is 0. The van der Waals surface area contributed by atoms with Crippen LogP contribution in [0.3, 0.4) is 0 Å². The van der Waals surface area contributed by atoms with Crippen molar-refractivity contribution in [1.82, 2.24) is 5.32 Å². The van der Waals surface area contributed by atoms with Crippen LogP contribution in [0.2, 0.25) is 5.02 Å². The van der Waals surface area contributed by atoms with Crippen molar-refractivity contribution < 1.29 is 0 Å². The van der Waals surface area contributed by atoms with E-state index in [2.05, 4.69) is 30.4 Å². The molecule has 1 atom stereocenters. The second-order valence-electron chi connectivity index (χ2n) is 4.42. The third kappa shape index (κ3) is 3.57.